The maximum absolute atomic E-state index is 6.10. The number of nitrogens with zero attached hydrogens (tertiary/aromatic N) is 2. The molecule has 2 aliphatic rings. The van der Waals surface area contributed by atoms with E-state index in [-0.39, 0.29) is 5.41 Å². The highest BCUT2D eigenvalue weighted by molar-refractivity contribution is 6.30. The minimum Gasteiger partial charge on any atom is -0.329 e. The van der Waals surface area contributed by atoms with Gasteiger partial charge < -0.3 is 11.1 Å². The van der Waals surface area contributed by atoms with Crippen LogP contribution in [0, 0.1) is 0 Å². The minimum atomic E-state index is 0.159. The molecule has 1 aromatic carbocycles. The highest BCUT2D eigenvalue weighted by Crippen LogP contribution is 2.53. The van der Waals surface area contributed by atoms with Crippen molar-refractivity contribution in [3.05, 3.63) is 52.3 Å². The molecule has 1 atom stereocenters. The Bertz CT molecular complexity index is 688. The molecule has 5 heteroatoms. The summed E-state index contributed by atoms with van der Waals surface area (Å²) in [7, 11) is 0. The van der Waals surface area contributed by atoms with E-state index in [1.165, 1.54) is 36.1 Å². The topological polar surface area (TPSA) is 55.9 Å². The average Bonchev–Trinajstić information content (AvgIpc) is 2.93. The summed E-state index contributed by atoms with van der Waals surface area (Å²) in [5, 5.41) is 9.17. The number of halogens is 1. The zero-order chi connectivity index (χ0) is 15.9. The number of fused-ring (bicyclic) bond motifs is 1. The van der Waals surface area contributed by atoms with Gasteiger partial charge in [0.25, 0.3) is 0 Å². The fourth-order valence-corrected chi connectivity index (χ4v) is 4.38. The molecule has 4 nitrogen and oxygen atoms in total. The van der Waals surface area contributed by atoms with E-state index in [0.29, 0.717) is 12.6 Å². The second-order valence-electron chi connectivity index (χ2n) is 6.72. The summed E-state index contributed by atoms with van der Waals surface area (Å²) in [6.45, 7) is 2.42. The number of benzene rings is 1. The van der Waals surface area contributed by atoms with Crippen LogP contribution in [-0.4, -0.2) is 22.9 Å². The van der Waals surface area contributed by atoms with Crippen LogP contribution < -0.4 is 11.1 Å². The molecule has 0 saturated heterocycles. The predicted octanol–water partition coefficient (Wildman–Crippen LogP) is 2.80. The van der Waals surface area contributed by atoms with Crippen molar-refractivity contribution >= 4 is 11.6 Å². The van der Waals surface area contributed by atoms with Crippen molar-refractivity contribution < 1.29 is 0 Å². The smallest absolute Gasteiger partial charge is 0.0595 e. The Morgan fingerprint density at radius 1 is 1.30 bits per heavy atom. The van der Waals surface area contributed by atoms with Crippen LogP contribution in [0.3, 0.4) is 0 Å². The monoisotopic (exact) mass is 330 g/mol. The zero-order valence-corrected chi connectivity index (χ0v) is 14.0. The normalized spacial score (nSPS) is 22.4. The molecule has 2 aromatic rings. The molecule has 0 amide bonds. The molecule has 2 heterocycles. The van der Waals surface area contributed by atoms with E-state index in [4.69, 9.17) is 17.3 Å². The van der Waals surface area contributed by atoms with E-state index in [1.54, 1.807) is 0 Å². The zero-order valence-electron chi connectivity index (χ0n) is 13.3. The van der Waals surface area contributed by atoms with Gasteiger partial charge in [-0.15, -0.1) is 0 Å². The van der Waals surface area contributed by atoms with Gasteiger partial charge in [-0.2, -0.15) is 5.10 Å². The lowest BCUT2D eigenvalue weighted by Crippen LogP contribution is -2.50. The fraction of sp³-hybridized carbons (Fsp3) is 0.500. The van der Waals surface area contributed by atoms with Crippen molar-refractivity contribution in [3.8, 4) is 0 Å². The van der Waals surface area contributed by atoms with E-state index in [2.05, 4.69) is 27.2 Å². The summed E-state index contributed by atoms with van der Waals surface area (Å²) in [4.78, 5) is 0. The number of nitrogens with two attached hydrogens (primary N) is 1. The molecule has 23 heavy (non-hydrogen) atoms. The molecule has 4 rings (SSSR count). The second-order valence-corrected chi connectivity index (χ2v) is 7.16. The Morgan fingerprint density at radius 2 is 2.09 bits per heavy atom. The molecular formula is C18H23ClN4. The van der Waals surface area contributed by atoms with Gasteiger partial charge in [-0.25, -0.2) is 0 Å². The van der Waals surface area contributed by atoms with Crippen LogP contribution >= 0.6 is 11.6 Å². The van der Waals surface area contributed by atoms with E-state index in [9.17, 15) is 0 Å². The van der Waals surface area contributed by atoms with Gasteiger partial charge in [-0.3, -0.25) is 4.68 Å². The van der Waals surface area contributed by atoms with Gasteiger partial charge in [0.05, 0.1) is 24.5 Å². The summed E-state index contributed by atoms with van der Waals surface area (Å²) >= 11 is 6.10. The SMILES string of the molecule is NCCn1ncc2c1C(C1(c3ccc(Cl)cc3)CCC1)NCC2. The fourth-order valence-electron chi connectivity index (χ4n) is 4.25. The van der Waals surface area contributed by atoms with Crippen LogP contribution in [0.5, 0.6) is 0 Å². The third-order valence-electron chi connectivity index (χ3n) is 5.53. The van der Waals surface area contributed by atoms with E-state index in [1.807, 2.05) is 18.3 Å². The first kappa shape index (κ1) is 15.2. The van der Waals surface area contributed by atoms with Crippen LogP contribution in [0.1, 0.15) is 42.1 Å². The third kappa shape index (κ3) is 2.40. The van der Waals surface area contributed by atoms with Crippen molar-refractivity contribution in [1.29, 1.82) is 0 Å². The number of aromatic nitrogens is 2. The molecule has 1 unspecified atom stereocenters. The number of nitrogens with one attached hydrogen (secondary N) is 1. The molecule has 0 bridgehead atoms. The van der Waals surface area contributed by atoms with Crippen LogP contribution in [0.4, 0.5) is 0 Å². The van der Waals surface area contributed by atoms with Crippen molar-refractivity contribution in [1.82, 2.24) is 15.1 Å². The van der Waals surface area contributed by atoms with Crippen LogP contribution in [-0.2, 0) is 18.4 Å². The summed E-state index contributed by atoms with van der Waals surface area (Å²) in [5.74, 6) is 0. The minimum absolute atomic E-state index is 0.159. The number of hydrogen-bond acceptors (Lipinski definition) is 3. The maximum Gasteiger partial charge on any atom is 0.0595 e. The Labute approximate surface area is 142 Å². The Kier molecular flexibility index (Phi) is 3.92. The lowest BCUT2D eigenvalue weighted by atomic mass is 9.58. The first-order chi connectivity index (χ1) is 11.2. The van der Waals surface area contributed by atoms with E-state index in [0.717, 1.165) is 24.5 Å². The van der Waals surface area contributed by atoms with Crippen LogP contribution in [0.25, 0.3) is 0 Å². The first-order valence-corrected chi connectivity index (χ1v) is 8.86. The molecule has 1 aliphatic carbocycles. The van der Waals surface area contributed by atoms with E-state index >= 15 is 0 Å². The molecule has 1 saturated carbocycles. The van der Waals surface area contributed by atoms with Gasteiger partial charge in [0.15, 0.2) is 0 Å². The van der Waals surface area contributed by atoms with Gasteiger partial charge in [0.2, 0.25) is 0 Å². The molecular weight excluding hydrogens is 308 g/mol. The van der Waals surface area contributed by atoms with Crippen LogP contribution in [0.15, 0.2) is 30.5 Å². The van der Waals surface area contributed by atoms with Crippen molar-refractivity contribution in [3.63, 3.8) is 0 Å². The number of rotatable bonds is 4. The Hall–Kier alpha value is -1.36. The van der Waals surface area contributed by atoms with Gasteiger partial charge in [-0.1, -0.05) is 30.2 Å². The predicted molar refractivity (Wildman–Crippen MR) is 92.7 cm³/mol. The van der Waals surface area contributed by atoms with Gasteiger partial charge in [0.1, 0.15) is 0 Å². The van der Waals surface area contributed by atoms with Gasteiger partial charge >= 0.3 is 0 Å². The summed E-state index contributed by atoms with van der Waals surface area (Å²) in [6.07, 6.45) is 6.78. The molecule has 0 radical (unpaired) electrons. The molecule has 1 fully saturated rings. The quantitative estimate of drug-likeness (QED) is 0.906. The summed E-state index contributed by atoms with van der Waals surface area (Å²) in [5.41, 5.74) is 10.1. The van der Waals surface area contributed by atoms with Gasteiger partial charge in [-0.05, 0) is 49.1 Å². The second kappa shape index (κ2) is 5.93. The van der Waals surface area contributed by atoms with Crippen LogP contribution in [0.2, 0.25) is 5.02 Å². The summed E-state index contributed by atoms with van der Waals surface area (Å²) in [6, 6.07) is 8.73. The third-order valence-corrected chi connectivity index (χ3v) is 5.79. The lowest BCUT2D eigenvalue weighted by molar-refractivity contribution is 0.157. The Balaban J connectivity index is 1.78. The molecule has 1 aliphatic heterocycles. The van der Waals surface area contributed by atoms with Crippen molar-refractivity contribution in [2.45, 2.75) is 43.7 Å². The average molecular weight is 331 g/mol. The van der Waals surface area contributed by atoms with Gasteiger partial charge in [0, 0.05) is 17.0 Å². The largest absolute Gasteiger partial charge is 0.329 e. The molecule has 3 N–H and O–H groups in total. The standard InChI is InChI=1S/C18H23ClN4/c19-15-4-2-14(3-5-15)18(7-1-8-18)17-16-13(6-10-21-17)12-22-23(16)11-9-20/h2-5,12,17,21H,1,6-11,20H2. The molecule has 0 spiro atoms. The summed E-state index contributed by atoms with van der Waals surface area (Å²) < 4.78 is 2.11. The van der Waals surface area contributed by atoms with Crippen molar-refractivity contribution in [2.24, 2.45) is 5.73 Å². The maximum atomic E-state index is 6.10. The lowest BCUT2D eigenvalue weighted by Gasteiger charge is -2.50. The molecule has 122 valence electrons. The van der Waals surface area contributed by atoms with Crippen molar-refractivity contribution in [2.75, 3.05) is 13.1 Å². The first-order valence-electron chi connectivity index (χ1n) is 8.49. The molecule has 1 aromatic heterocycles. The number of hydrogen-bond donors (Lipinski definition) is 2. The Morgan fingerprint density at radius 3 is 2.74 bits per heavy atom. The highest BCUT2D eigenvalue weighted by Gasteiger charge is 2.48. The van der Waals surface area contributed by atoms with E-state index < -0.39 is 0 Å². The highest BCUT2D eigenvalue weighted by atomic mass is 35.5.